The molecule has 1 aliphatic heterocycles. The minimum absolute atomic E-state index is 0.0000435. The fourth-order valence-corrected chi connectivity index (χ4v) is 3.72. The van der Waals surface area contributed by atoms with E-state index in [0.29, 0.717) is 12.8 Å². The summed E-state index contributed by atoms with van der Waals surface area (Å²) in [6.45, 7) is 9.53. The maximum Gasteiger partial charge on any atom is 0.249 e. The van der Waals surface area contributed by atoms with Gasteiger partial charge in [-0.3, -0.25) is 9.59 Å². The molecule has 1 saturated heterocycles. The lowest BCUT2D eigenvalue weighted by Crippen LogP contribution is -2.69. The number of piperazine rings is 1. The summed E-state index contributed by atoms with van der Waals surface area (Å²) in [4.78, 5) is 31.4. The van der Waals surface area contributed by atoms with Gasteiger partial charge in [0.25, 0.3) is 0 Å². The van der Waals surface area contributed by atoms with Crippen molar-refractivity contribution in [1.82, 2.24) is 15.2 Å². The zero-order chi connectivity index (χ0) is 15.8. The molecule has 116 valence electrons. The van der Waals surface area contributed by atoms with Crippen molar-refractivity contribution >= 4 is 23.2 Å². The number of thiazole rings is 1. The van der Waals surface area contributed by atoms with Crippen molar-refractivity contribution in [2.75, 3.05) is 0 Å². The van der Waals surface area contributed by atoms with Gasteiger partial charge in [0.1, 0.15) is 16.6 Å². The molecule has 1 aromatic heterocycles. The SMILES string of the molecule is CCC1(CC)NC(=O)C(C)N(C(C)c2nc(C)cs2)C1=O. The zero-order valence-electron chi connectivity index (χ0n) is 13.3. The highest BCUT2D eigenvalue weighted by molar-refractivity contribution is 7.09. The number of nitrogens with zero attached hydrogens (tertiary/aromatic N) is 2. The summed E-state index contributed by atoms with van der Waals surface area (Å²) in [5, 5.41) is 5.77. The summed E-state index contributed by atoms with van der Waals surface area (Å²) >= 11 is 1.54. The van der Waals surface area contributed by atoms with Gasteiger partial charge in [0.15, 0.2) is 0 Å². The Balaban J connectivity index is 2.39. The molecule has 1 N–H and O–H groups in total. The summed E-state index contributed by atoms with van der Waals surface area (Å²) < 4.78 is 0. The number of carbonyl (C=O) groups excluding carboxylic acids is 2. The molecule has 1 aliphatic rings. The van der Waals surface area contributed by atoms with Gasteiger partial charge in [0.05, 0.1) is 6.04 Å². The molecule has 2 atom stereocenters. The average molecular weight is 309 g/mol. The number of rotatable bonds is 4. The Morgan fingerprint density at radius 3 is 2.52 bits per heavy atom. The van der Waals surface area contributed by atoms with Crippen molar-refractivity contribution in [3.63, 3.8) is 0 Å². The van der Waals surface area contributed by atoms with Crippen molar-refractivity contribution in [2.45, 2.75) is 65.1 Å². The van der Waals surface area contributed by atoms with E-state index in [1.807, 2.05) is 33.1 Å². The summed E-state index contributed by atoms with van der Waals surface area (Å²) in [7, 11) is 0. The third kappa shape index (κ3) is 2.57. The number of carbonyl (C=O) groups is 2. The molecule has 5 nitrogen and oxygen atoms in total. The van der Waals surface area contributed by atoms with E-state index in [1.54, 1.807) is 11.8 Å². The summed E-state index contributed by atoms with van der Waals surface area (Å²) in [6, 6.07) is -0.655. The van der Waals surface area contributed by atoms with Gasteiger partial charge in [0, 0.05) is 11.1 Å². The van der Waals surface area contributed by atoms with Crippen LogP contribution in [-0.2, 0) is 9.59 Å². The van der Waals surface area contributed by atoms with Crippen LogP contribution in [0, 0.1) is 6.92 Å². The smallest absolute Gasteiger partial charge is 0.249 e. The summed E-state index contributed by atoms with van der Waals surface area (Å²) in [5.41, 5.74) is 0.171. The van der Waals surface area contributed by atoms with Gasteiger partial charge in [-0.25, -0.2) is 4.98 Å². The van der Waals surface area contributed by atoms with Crippen LogP contribution < -0.4 is 5.32 Å². The van der Waals surface area contributed by atoms with E-state index in [0.717, 1.165) is 10.7 Å². The number of aryl methyl sites for hydroxylation is 1. The fourth-order valence-electron chi connectivity index (χ4n) is 2.87. The Kier molecular flexibility index (Phi) is 4.37. The van der Waals surface area contributed by atoms with Crippen molar-refractivity contribution in [3.8, 4) is 0 Å². The first-order valence-electron chi connectivity index (χ1n) is 7.43. The highest BCUT2D eigenvalue weighted by atomic mass is 32.1. The van der Waals surface area contributed by atoms with Crippen molar-refractivity contribution in [3.05, 3.63) is 16.1 Å². The van der Waals surface area contributed by atoms with Gasteiger partial charge < -0.3 is 10.2 Å². The monoisotopic (exact) mass is 309 g/mol. The molecule has 0 aromatic carbocycles. The normalized spacial score (nSPS) is 23.1. The second kappa shape index (κ2) is 5.75. The Morgan fingerprint density at radius 2 is 2.05 bits per heavy atom. The Bertz CT molecular complexity index is 551. The zero-order valence-corrected chi connectivity index (χ0v) is 14.1. The van der Waals surface area contributed by atoms with E-state index in [2.05, 4.69) is 10.3 Å². The van der Waals surface area contributed by atoms with Crippen LogP contribution in [0.2, 0.25) is 0 Å². The van der Waals surface area contributed by atoms with E-state index in [-0.39, 0.29) is 17.9 Å². The van der Waals surface area contributed by atoms with E-state index in [1.165, 1.54) is 11.3 Å². The third-order valence-electron chi connectivity index (χ3n) is 4.42. The fraction of sp³-hybridized carbons (Fsp3) is 0.667. The lowest BCUT2D eigenvalue weighted by Gasteiger charge is -2.46. The van der Waals surface area contributed by atoms with Gasteiger partial charge in [0.2, 0.25) is 11.8 Å². The molecule has 0 saturated carbocycles. The predicted octanol–water partition coefficient (Wildman–Crippen LogP) is 2.42. The van der Waals surface area contributed by atoms with Crippen molar-refractivity contribution in [2.24, 2.45) is 0 Å². The molecule has 2 heterocycles. The molecule has 1 fully saturated rings. The second-order valence-corrected chi connectivity index (χ2v) is 6.56. The molecule has 2 unspecified atom stereocenters. The lowest BCUT2D eigenvalue weighted by molar-refractivity contribution is -0.157. The molecule has 2 amide bonds. The topological polar surface area (TPSA) is 62.3 Å². The van der Waals surface area contributed by atoms with E-state index >= 15 is 0 Å². The Hall–Kier alpha value is -1.43. The highest BCUT2D eigenvalue weighted by Gasteiger charge is 2.49. The molecule has 0 spiro atoms. The van der Waals surface area contributed by atoms with E-state index in [9.17, 15) is 9.59 Å². The summed E-state index contributed by atoms with van der Waals surface area (Å²) in [6.07, 6.45) is 1.20. The molecule has 21 heavy (non-hydrogen) atoms. The maximum atomic E-state index is 13.0. The molecule has 0 bridgehead atoms. The first-order chi connectivity index (χ1) is 9.86. The van der Waals surface area contributed by atoms with Crippen LogP contribution in [0.3, 0.4) is 0 Å². The third-order valence-corrected chi connectivity index (χ3v) is 5.55. The Morgan fingerprint density at radius 1 is 1.43 bits per heavy atom. The number of nitrogens with one attached hydrogen (secondary N) is 1. The first-order valence-corrected chi connectivity index (χ1v) is 8.31. The molecular weight excluding hydrogens is 286 g/mol. The lowest BCUT2D eigenvalue weighted by atomic mass is 9.86. The van der Waals surface area contributed by atoms with E-state index < -0.39 is 11.6 Å². The van der Waals surface area contributed by atoms with Gasteiger partial charge in [-0.2, -0.15) is 0 Å². The highest BCUT2D eigenvalue weighted by Crippen LogP contribution is 2.33. The van der Waals surface area contributed by atoms with Crippen LogP contribution in [0.1, 0.15) is 57.3 Å². The van der Waals surface area contributed by atoms with Crippen molar-refractivity contribution < 1.29 is 9.59 Å². The van der Waals surface area contributed by atoms with Crippen LogP contribution >= 0.6 is 11.3 Å². The molecule has 0 radical (unpaired) electrons. The minimum atomic E-state index is -0.774. The number of amides is 2. The average Bonchev–Trinajstić information content (AvgIpc) is 2.90. The molecule has 6 heteroatoms. The summed E-state index contributed by atoms with van der Waals surface area (Å²) in [5.74, 6) is -0.0848. The minimum Gasteiger partial charge on any atom is -0.340 e. The number of hydrogen-bond donors (Lipinski definition) is 1. The molecule has 2 rings (SSSR count). The van der Waals surface area contributed by atoms with Crippen LogP contribution in [0.25, 0.3) is 0 Å². The quantitative estimate of drug-likeness (QED) is 0.929. The second-order valence-electron chi connectivity index (χ2n) is 5.67. The number of hydrogen-bond acceptors (Lipinski definition) is 4. The van der Waals surface area contributed by atoms with Crippen LogP contribution in [-0.4, -0.2) is 33.3 Å². The van der Waals surface area contributed by atoms with Gasteiger partial charge >= 0.3 is 0 Å². The molecular formula is C15H23N3O2S. The Labute approximate surface area is 129 Å². The van der Waals surface area contributed by atoms with Crippen molar-refractivity contribution in [1.29, 1.82) is 0 Å². The van der Waals surface area contributed by atoms with Gasteiger partial charge in [-0.05, 0) is 33.6 Å². The molecule has 1 aromatic rings. The largest absolute Gasteiger partial charge is 0.340 e. The predicted molar refractivity (Wildman–Crippen MR) is 83.0 cm³/mol. The standard InChI is InChI=1S/C15H23N3O2S/c1-6-15(7-2)14(20)18(10(4)12(19)17-15)11(5)13-16-9(3)8-21-13/h8,10-11H,6-7H2,1-5H3,(H,17,19). The first kappa shape index (κ1) is 15.9. The van der Waals surface area contributed by atoms with Crippen LogP contribution in [0.4, 0.5) is 0 Å². The van der Waals surface area contributed by atoms with Crippen LogP contribution in [0.5, 0.6) is 0 Å². The maximum absolute atomic E-state index is 13.0. The van der Waals surface area contributed by atoms with Gasteiger partial charge in [-0.15, -0.1) is 11.3 Å². The molecule has 0 aliphatic carbocycles. The number of aromatic nitrogens is 1. The van der Waals surface area contributed by atoms with Gasteiger partial charge in [-0.1, -0.05) is 13.8 Å². The van der Waals surface area contributed by atoms with Crippen LogP contribution in [0.15, 0.2) is 5.38 Å². The van der Waals surface area contributed by atoms with E-state index in [4.69, 9.17) is 0 Å².